The lowest BCUT2D eigenvalue weighted by atomic mass is 9.86. The minimum absolute atomic E-state index is 0.289. The van der Waals surface area contributed by atoms with E-state index < -0.39 is 16.1 Å². The number of rotatable bonds is 5. The van der Waals surface area contributed by atoms with Crippen molar-refractivity contribution in [2.45, 2.75) is 18.5 Å². The molecule has 0 amide bonds. The molecule has 7 heteroatoms. The first-order chi connectivity index (χ1) is 13.9. The molecular weight excluding hydrogens is 393 g/mol. The van der Waals surface area contributed by atoms with E-state index in [0.717, 1.165) is 22.3 Å². The molecule has 0 saturated carbocycles. The van der Waals surface area contributed by atoms with E-state index in [-0.39, 0.29) is 11.6 Å². The molecule has 2 N–H and O–H groups in total. The molecule has 1 atom stereocenters. The maximum Gasteiger partial charge on any atom is 0.213 e. The highest BCUT2D eigenvalue weighted by Gasteiger charge is 2.29. The van der Waals surface area contributed by atoms with Crippen LogP contribution >= 0.6 is 0 Å². The van der Waals surface area contributed by atoms with Crippen LogP contribution in [-0.2, 0) is 27.1 Å². The van der Waals surface area contributed by atoms with Gasteiger partial charge in [0.2, 0.25) is 10.0 Å². The summed E-state index contributed by atoms with van der Waals surface area (Å²) in [7, 11) is -2.07. The van der Waals surface area contributed by atoms with Crippen LogP contribution in [-0.4, -0.2) is 15.5 Å². The van der Waals surface area contributed by atoms with Gasteiger partial charge in [-0.1, -0.05) is 42.5 Å². The molecule has 3 aromatic rings. The van der Waals surface area contributed by atoms with Crippen LogP contribution in [0.15, 0.2) is 60.7 Å². The van der Waals surface area contributed by atoms with E-state index in [2.05, 4.69) is 0 Å². The van der Waals surface area contributed by atoms with Gasteiger partial charge in [-0.15, -0.1) is 0 Å². The molecule has 0 aromatic heterocycles. The quantitative estimate of drug-likeness (QED) is 0.688. The molecule has 0 spiro atoms. The van der Waals surface area contributed by atoms with E-state index in [0.29, 0.717) is 23.5 Å². The molecule has 3 aromatic carbocycles. The minimum atomic E-state index is -3.69. The Morgan fingerprint density at radius 2 is 1.90 bits per heavy atom. The summed E-state index contributed by atoms with van der Waals surface area (Å²) in [6.07, 6.45) is -0.577. The molecule has 0 bridgehead atoms. The Bertz CT molecular complexity index is 1180. The van der Waals surface area contributed by atoms with Crippen molar-refractivity contribution in [2.24, 2.45) is 5.14 Å². The number of primary sulfonamides is 1. The molecule has 1 unspecified atom stereocenters. The van der Waals surface area contributed by atoms with Crippen molar-refractivity contribution in [2.75, 3.05) is 7.11 Å². The third-order valence-electron chi connectivity index (χ3n) is 4.84. The number of methoxy groups -OCH3 is 1. The maximum absolute atomic E-state index is 13.9. The van der Waals surface area contributed by atoms with Crippen LogP contribution in [0, 0.1) is 5.82 Å². The number of hydrogen-bond acceptors (Lipinski definition) is 4. The summed E-state index contributed by atoms with van der Waals surface area (Å²) < 4.78 is 48.7. The fourth-order valence-electron chi connectivity index (χ4n) is 3.74. The number of sulfonamides is 1. The van der Waals surface area contributed by atoms with Gasteiger partial charge in [-0.2, -0.15) is 0 Å². The fraction of sp³-hybridized carbons (Fsp3) is 0.182. The molecule has 0 saturated heterocycles. The van der Waals surface area contributed by atoms with Crippen molar-refractivity contribution in [3.8, 4) is 16.9 Å². The van der Waals surface area contributed by atoms with Gasteiger partial charge in [-0.3, -0.25) is 0 Å². The van der Waals surface area contributed by atoms with Crippen LogP contribution in [0.4, 0.5) is 4.39 Å². The van der Waals surface area contributed by atoms with Crippen molar-refractivity contribution in [3.05, 3.63) is 88.7 Å². The number of benzene rings is 3. The summed E-state index contributed by atoms with van der Waals surface area (Å²) in [4.78, 5) is 0. The average Bonchev–Trinajstić information content (AvgIpc) is 2.66. The first-order valence-corrected chi connectivity index (χ1v) is 10.7. The van der Waals surface area contributed by atoms with Gasteiger partial charge in [0, 0.05) is 18.2 Å². The van der Waals surface area contributed by atoms with Gasteiger partial charge in [0.15, 0.2) is 0 Å². The topological polar surface area (TPSA) is 78.6 Å². The smallest absolute Gasteiger partial charge is 0.213 e. The number of halogens is 1. The third-order valence-corrected chi connectivity index (χ3v) is 5.58. The maximum atomic E-state index is 13.9. The molecule has 5 nitrogen and oxygen atoms in total. The monoisotopic (exact) mass is 413 g/mol. The Morgan fingerprint density at radius 1 is 1.10 bits per heavy atom. The van der Waals surface area contributed by atoms with E-state index in [4.69, 9.17) is 14.6 Å². The number of ether oxygens (including phenoxy) is 2. The summed E-state index contributed by atoms with van der Waals surface area (Å²) in [5.41, 5.74) is 4.67. The van der Waals surface area contributed by atoms with Gasteiger partial charge in [-0.05, 0) is 40.5 Å². The van der Waals surface area contributed by atoms with Gasteiger partial charge < -0.3 is 9.47 Å². The molecule has 1 heterocycles. The van der Waals surface area contributed by atoms with Crippen LogP contribution < -0.4 is 9.88 Å². The lowest BCUT2D eigenvalue weighted by Crippen LogP contribution is -2.18. The summed E-state index contributed by atoms with van der Waals surface area (Å²) in [6.45, 7) is 0.398. The summed E-state index contributed by atoms with van der Waals surface area (Å²) in [6, 6.07) is 17.3. The van der Waals surface area contributed by atoms with Gasteiger partial charge >= 0.3 is 0 Å². The normalized spacial score (nSPS) is 15.3. The highest BCUT2D eigenvalue weighted by atomic mass is 32.2. The van der Waals surface area contributed by atoms with E-state index in [1.54, 1.807) is 31.4 Å². The van der Waals surface area contributed by atoms with Crippen LogP contribution in [0.25, 0.3) is 11.1 Å². The van der Waals surface area contributed by atoms with Gasteiger partial charge in [0.25, 0.3) is 0 Å². The Morgan fingerprint density at radius 3 is 2.62 bits per heavy atom. The summed E-state index contributed by atoms with van der Waals surface area (Å²) in [5, 5.41) is 5.22. The van der Waals surface area contributed by atoms with E-state index in [9.17, 15) is 12.8 Å². The van der Waals surface area contributed by atoms with Crippen LogP contribution in [0.3, 0.4) is 0 Å². The lowest BCUT2D eigenvalue weighted by molar-refractivity contribution is 0.184. The predicted octanol–water partition coefficient (Wildman–Crippen LogP) is 3.91. The van der Waals surface area contributed by atoms with Crippen molar-refractivity contribution < 1.29 is 22.3 Å². The molecule has 0 fully saturated rings. The van der Waals surface area contributed by atoms with Crippen LogP contribution in [0.5, 0.6) is 5.75 Å². The zero-order valence-electron chi connectivity index (χ0n) is 15.8. The number of fused-ring (bicyclic) bond motifs is 3. The zero-order chi connectivity index (χ0) is 20.6. The van der Waals surface area contributed by atoms with Crippen molar-refractivity contribution >= 4 is 10.0 Å². The predicted molar refractivity (Wildman–Crippen MR) is 108 cm³/mol. The third kappa shape index (κ3) is 4.03. The standard InChI is InChI=1S/C22H20FNO4S/c1-27-12-16-5-3-7-20-21(16)18-9-8-14(13-29(24,25)26)10-19(18)22(28-20)15-4-2-6-17(23)11-15/h2-11,22H,12-13H2,1H3,(H2,24,25,26). The molecular formula is C22H20FNO4S. The molecule has 29 heavy (non-hydrogen) atoms. The molecule has 0 aliphatic carbocycles. The lowest BCUT2D eigenvalue weighted by Gasteiger charge is -2.31. The molecule has 150 valence electrons. The Labute approximate surface area is 168 Å². The SMILES string of the molecule is COCc1cccc2c1-c1ccc(CS(N)(=O)=O)cc1C(c1cccc(F)c1)O2. The molecule has 0 radical (unpaired) electrons. The highest BCUT2D eigenvalue weighted by Crippen LogP contribution is 2.46. The van der Waals surface area contributed by atoms with Crippen molar-refractivity contribution in [3.63, 3.8) is 0 Å². The molecule has 1 aliphatic rings. The minimum Gasteiger partial charge on any atom is -0.480 e. The summed E-state index contributed by atoms with van der Waals surface area (Å²) >= 11 is 0. The van der Waals surface area contributed by atoms with E-state index in [1.165, 1.54) is 12.1 Å². The zero-order valence-corrected chi connectivity index (χ0v) is 16.6. The van der Waals surface area contributed by atoms with Gasteiger partial charge in [0.05, 0.1) is 12.4 Å². The molecule has 1 aliphatic heterocycles. The largest absolute Gasteiger partial charge is 0.480 e. The van der Waals surface area contributed by atoms with Crippen LogP contribution in [0.2, 0.25) is 0 Å². The van der Waals surface area contributed by atoms with Gasteiger partial charge in [-0.25, -0.2) is 17.9 Å². The Hall–Kier alpha value is -2.74. The molecule has 4 rings (SSSR count). The Balaban J connectivity index is 1.92. The first-order valence-electron chi connectivity index (χ1n) is 9.02. The van der Waals surface area contributed by atoms with E-state index >= 15 is 0 Å². The average molecular weight is 413 g/mol. The second kappa shape index (κ2) is 7.59. The first kappa shape index (κ1) is 19.6. The van der Waals surface area contributed by atoms with E-state index in [1.807, 2.05) is 24.3 Å². The summed E-state index contributed by atoms with van der Waals surface area (Å²) in [5.74, 6) is 0.00991. The number of nitrogens with two attached hydrogens (primary N) is 1. The number of hydrogen-bond donors (Lipinski definition) is 1. The second-order valence-corrected chi connectivity index (χ2v) is 8.62. The van der Waals surface area contributed by atoms with Gasteiger partial charge in [0.1, 0.15) is 17.7 Å². The second-order valence-electron chi connectivity index (χ2n) is 7.00. The van der Waals surface area contributed by atoms with Crippen molar-refractivity contribution in [1.82, 2.24) is 0 Å². The van der Waals surface area contributed by atoms with Crippen molar-refractivity contribution in [1.29, 1.82) is 0 Å². The Kier molecular flexibility index (Phi) is 5.12. The highest BCUT2D eigenvalue weighted by molar-refractivity contribution is 7.88. The van der Waals surface area contributed by atoms with Crippen LogP contribution in [0.1, 0.15) is 28.4 Å². The fourth-order valence-corrected chi connectivity index (χ4v) is 4.39.